The Labute approximate surface area is 64.2 Å². The number of rotatable bonds is 4. The number of hydrazine groups is 1. The van der Waals surface area contributed by atoms with E-state index in [1.165, 1.54) is 0 Å². The van der Waals surface area contributed by atoms with Gasteiger partial charge in [-0.05, 0) is 18.8 Å². The van der Waals surface area contributed by atoms with E-state index in [0.29, 0.717) is 5.92 Å². The highest BCUT2D eigenvalue weighted by molar-refractivity contribution is 4.85. The molecule has 0 spiro atoms. The fraction of sp³-hybridized carbons (Fsp3) is 1.00. The maximum Gasteiger partial charge on any atom is 0.0339 e. The minimum Gasteiger partial charge on any atom is -0.271 e. The van der Waals surface area contributed by atoms with Crippen LogP contribution in [0.3, 0.4) is 0 Å². The van der Waals surface area contributed by atoms with Crippen molar-refractivity contribution >= 4 is 0 Å². The van der Waals surface area contributed by atoms with Crippen LogP contribution in [0.15, 0.2) is 0 Å². The van der Waals surface area contributed by atoms with Crippen LogP contribution < -0.4 is 11.3 Å². The van der Waals surface area contributed by atoms with Crippen molar-refractivity contribution < 1.29 is 0 Å². The average molecular weight is 144 g/mol. The van der Waals surface area contributed by atoms with Gasteiger partial charge in [0, 0.05) is 5.54 Å². The van der Waals surface area contributed by atoms with E-state index in [1.54, 1.807) is 0 Å². The quantitative estimate of drug-likeness (QED) is 0.465. The largest absolute Gasteiger partial charge is 0.271 e. The molecule has 10 heavy (non-hydrogen) atoms. The third-order valence-electron chi connectivity index (χ3n) is 2.65. The van der Waals surface area contributed by atoms with Gasteiger partial charge in [0.15, 0.2) is 0 Å². The van der Waals surface area contributed by atoms with E-state index in [2.05, 4.69) is 33.1 Å². The molecule has 0 amide bonds. The van der Waals surface area contributed by atoms with Crippen LogP contribution >= 0.6 is 0 Å². The van der Waals surface area contributed by atoms with E-state index in [0.717, 1.165) is 12.8 Å². The Morgan fingerprint density at radius 1 is 1.30 bits per heavy atom. The Balaban J connectivity index is 4.15. The van der Waals surface area contributed by atoms with Crippen molar-refractivity contribution in [1.82, 2.24) is 5.43 Å². The summed E-state index contributed by atoms with van der Waals surface area (Å²) in [5.41, 5.74) is 3.07. The first kappa shape index (κ1) is 9.92. The molecule has 0 rings (SSSR count). The van der Waals surface area contributed by atoms with Gasteiger partial charge in [-0.3, -0.25) is 11.3 Å². The van der Waals surface area contributed by atoms with Crippen molar-refractivity contribution in [2.45, 2.75) is 46.1 Å². The average Bonchev–Trinajstić information content (AvgIpc) is 1.92. The topological polar surface area (TPSA) is 38.0 Å². The minimum absolute atomic E-state index is 0.153. The molecule has 0 radical (unpaired) electrons. The van der Waals surface area contributed by atoms with Crippen LogP contribution in [0.4, 0.5) is 0 Å². The van der Waals surface area contributed by atoms with Crippen molar-refractivity contribution in [3.05, 3.63) is 0 Å². The smallest absolute Gasteiger partial charge is 0.0339 e. The van der Waals surface area contributed by atoms with Crippen molar-refractivity contribution in [3.8, 4) is 0 Å². The molecule has 3 N–H and O–H groups in total. The van der Waals surface area contributed by atoms with E-state index in [1.807, 2.05) is 0 Å². The van der Waals surface area contributed by atoms with E-state index < -0.39 is 0 Å². The normalized spacial score (nSPS) is 12.6. The molecule has 0 aromatic rings. The first-order chi connectivity index (χ1) is 4.63. The summed E-state index contributed by atoms with van der Waals surface area (Å²) in [7, 11) is 0. The molecule has 0 aliphatic heterocycles. The lowest BCUT2D eigenvalue weighted by molar-refractivity contribution is 0.220. The molecule has 0 saturated carbocycles. The van der Waals surface area contributed by atoms with Crippen LogP contribution in [0.25, 0.3) is 0 Å². The van der Waals surface area contributed by atoms with E-state index in [9.17, 15) is 0 Å². The molecule has 0 heterocycles. The predicted octanol–water partition coefficient (Wildman–Crippen LogP) is 1.66. The Hall–Kier alpha value is -0.0800. The molecular weight excluding hydrogens is 124 g/mol. The molecule has 0 aromatic carbocycles. The van der Waals surface area contributed by atoms with Crippen LogP contribution in [0.5, 0.6) is 0 Å². The Morgan fingerprint density at radius 2 is 1.70 bits per heavy atom. The molecule has 2 heteroatoms. The monoisotopic (exact) mass is 144 g/mol. The van der Waals surface area contributed by atoms with Gasteiger partial charge in [0.25, 0.3) is 0 Å². The summed E-state index contributed by atoms with van der Waals surface area (Å²) in [4.78, 5) is 0. The molecule has 0 aliphatic carbocycles. The zero-order valence-electron chi connectivity index (χ0n) is 7.57. The summed E-state index contributed by atoms with van der Waals surface area (Å²) < 4.78 is 0. The summed E-state index contributed by atoms with van der Waals surface area (Å²) in [6.07, 6.45) is 2.19. The lowest BCUT2D eigenvalue weighted by atomic mass is 9.82. The zero-order chi connectivity index (χ0) is 8.20. The molecule has 0 unspecified atom stereocenters. The SMILES string of the molecule is CCC(CC)(NN)C(C)C. The lowest BCUT2D eigenvalue weighted by Gasteiger charge is -2.35. The van der Waals surface area contributed by atoms with Crippen LogP contribution in [-0.2, 0) is 0 Å². The molecule has 0 aliphatic rings. The lowest BCUT2D eigenvalue weighted by Crippen LogP contribution is -2.52. The number of hydrogen-bond acceptors (Lipinski definition) is 2. The van der Waals surface area contributed by atoms with Gasteiger partial charge in [0.05, 0.1) is 0 Å². The number of nitrogens with one attached hydrogen (secondary N) is 1. The first-order valence-electron chi connectivity index (χ1n) is 4.10. The van der Waals surface area contributed by atoms with Gasteiger partial charge < -0.3 is 0 Å². The van der Waals surface area contributed by atoms with E-state index in [-0.39, 0.29) is 5.54 Å². The maximum absolute atomic E-state index is 5.48. The zero-order valence-corrected chi connectivity index (χ0v) is 7.57. The number of hydrogen-bond donors (Lipinski definition) is 2. The Bertz CT molecular complexity index is 77.0. The fourth-order valence-corrected chi connectivity index (χ4v) is 1.44. The fourth-order valence-electron chi connectivity index (χ4n) is 1.44. The third-order valence-corrected chi connectivity index (χ3v) is 2.65. The molecule has 2 nitrogen and oxygen atoms in total. The second-order valence-corrected chi connectivity index (χ2v) is 3.16. The predicted molar refractivity (Wildman–Crippen MR) is 45.5 cm³/mol. The van der Waals surface area contributed by atoms with Crippen molar-refractivity contribution in [1.29, 1.82) is 0 Å². The minimum atomic E-state index is 0.153. The molecule has 0 fully saturated rings. The molecule has 0 saturated heterocycles. The van der Waals surface area contributed by atoms with Crippen LogP contribution in [0, 0.1) is 5.92 Å². The van der Waals surface area contributed by atoms with Crippen LogP contribution in [-0.4, -0.2) is 5.54 Å². The Morgan fingerprint density at radius 3 is 1.70 bits per heavy atom. The summed E-state index contributed by atoms with van der Waals surface area (Å²) in [5, 5.41) is 0. The maximum atomic E-state index is 5.48. The van der Waals surface area contributed by atoms with E-state index >= 15 is 0 Å². The molecule has 62 valence electrons. The highest BCUT2D eigenvalue weighted by Crippen LogP contribution is 2.23. The van der Waals surface area contributed by atoms with Crippen molar-refractivity contribution in [2.75, 3.05) is 0 Å². The van der Waals surface area contributed by atoms with Crippen molar-refractivity contribution in [2.24, 2.45) is 11.8 Å². The Kier molecular flexibility index (Phi) is 3.91. The highest BCUT2D eigenvalue weighted by Gasteiger charge is 2.27. The molecular formula is C8H20N2. The van der Waals surface area contributed by atoms with Crippen LogP contribution in [0.2, 0.25) is 0 Å². The third kappa shape index (κ3) is 1.70. The summed E-state index contributed by atoms with van der Waals surface area (Å²) in [6, 6.07) is 0. The molecule has 0 aromatic heterocycles. The second kappa shape index (κ2) is 3.94. The van der Waals surface area contributed by atoms with Gasteiger partial charge in [-0.1, -0.05) is 27.7 Å². The van der Waals surface area contributed by atoms with Gasteiger partial charge >= 0.3 is 0 Å². The molecule has 0 atom stereocenters. The summed E-state index contributed by atoms with van der Waals surface area (Å²) in [5.74, 6) is 6.08. The van der Waals surface area contributed by atoms with Gasteiger partial charge in [-0.25, -0.2) is 0 Å². The van der Waals surface area contributed by atoms with Gasteiger partial charge in [0.2, 0.25) is 0 Å². The van der Waals surface area contributed by atoms with E-state index in [4.69, 9.17) is 5.84 Å². The summed E-state index contributed by atoms with van der Waals surface area (Å²) in [6.45, 7) is 8.74. The first-order valence-corrected chi connectivity index (χ1v) is 4.10. The van der Waals surface area contributed by atoms with Gasteiger partial charge in [0.1, 0.15) is 0 Å². The second-order valence-electron chi connectivity index (χ2n) is 3.16. The van der Waals surface area contributed by atoms with Crippen LogP contribution in [0.1, 0.15) is 40.5 Å². The van der Waals surface area contributed by atoms with Gasteiger partial charge in [-0.15, -0.1) is 0 Å². The van der Waals surface area contributed by atoms with Crippen molar-refractivity contribution in [3.63, 3.8) is 0 Å². The number of nitrogens with two attached hydrogens (primary N) is 1. The summed E-state index contributed by atoms with van der Waals surface area (Å²) >= 11 is 0. The standard InChI is InChI=1S/C8H20N2/c1-5-8(6-2,10-9)7(3)4/h7,10H,5-6,9H2,1-4H3. The van der Waals surface area contributed by atoms with Gasteiger partial charge in [-0.2, -0.15) is 0 Å². The highest BCUT2D eigenvalue weighted by atomic mass is 15.3. The molecule has 0 bridgehead atoms.